The van der Waals surface area contributed by atoms with Gasteiger partial charge in [0, 0.05) is 5.02 Å². The molecule has 0 amide bonds. The Morgan fingerprint density at radius 2 is 1.33 bits per heavy atom. The van der Waals surface area contributed by atoms with Crippen molar-refractivity contribution in [2.75, 3.05) is 0 Å². The average molecular weight is 350 g/mol. The molecule has 4 nitrogen and oxygen atoms in total. The van der Waals surface area contributed by atoms with E-state index in [1.807, 2.05) is 0 Å². The molecule has 0 aliphatic carbocycles. The third kappa shape index (κ3) is 4.11. The van der Waals surface area contributed by atoms with Gasteiger partial charge >= 0.3 is 11.9 Å². The summed E-state index contributed by atoms with van der Waals surface area (Å²) in [5.41, 5.74) is 0.701. The van der Waals surface area contributed by atoms with Crippen LogP contribution in [0.1, 0.15) is 20.7 Å². The van der Waals surface area contributed by atoms with E-state index in [-0.39, 0.29) is 41.0 Å². The Morgan fingerprint density at radius 1 is 0.810 bits per heavy atom. The molecule has 7 heteroatoms. The van der Waals surface area contributed by atoms with Gasteiger partial charge in [-0.15, -0.1) is 24.8 Å². The Morgan fingerprint density at radius 3 is 1.90 bits per heavy atom. The van der Waals surface area contributed by atoms with E-state index in [1.54, 1.807) is 18.2 Å². The zero-order valence-corrected chi connectivity index (χ0v) is 12.8. The van der Waals surface area contributed by atoms with Crippen molar-refractivity contribution in [1.29, 1.82) is 0 Å². The Hall–Kier alpha value is -1.75. The van der Waals surface area contributed by atoms with E-state index < -0.39 is 11.9 Å². The molecule has 0 aromatic heterocycles. The number of hydrogen-bond donors (Lipinski definition) is 2. The summed E-state index contributed by atoms with van der Waals surface area (Å²) < 4.78 is 0. The van der Waals surface area contributed by atoms with Gasteiger partial charge in [0.05, 0.1) is 11.1 Å². The number of aromatic carboxylic acids is 2. The molecule has 112 valence electrons. The third-order valence-corrected chi connectivity index (χ3v) is 2.89. The molecular weight excluding hydrogens is 339 g/mol. The van der Waals surface area contributed by atoms with Crippen molar-refractivity contribution in [3.63, 3.8) is 0 Å². The SMILES string of the molecule is Cl.Cl.O=C(O)c1ccccc1-c1ccc(Cl)cc1C(=O)O. The normalized spacial score (nSPS) is 9.19. The molecule has 21 heavy (non-hydrogen) atoms. The van der Waals surface area contributed by atoms with Gasteiger partial charge in [-0.2, -0.15) is 0 Å². The minimum Gasteiger partial charge on any atom is -0.478 e. The highest BCUT2D eigenvalue weighted by molar-refractivity contribution is 6.31. The first kappa shape index (κ1) is 19.2. The average Bonchev–Trinajstić information content (AvgIpc) is 2.38. The van der Waals surface area contributed by atoms with Gasteiger partial charge < -0.3 is 10.2 Å². The minimum absolute atomic E-state index is 0. The van der Waals surface area contributed by atoms with Gasteiger partial charge in [0.2, 0.25) is 0 Å². The third-order valence-electron chi connectivity index (χ3n) is 2.66. The van der Waals surface area contributed by atoms with Crippen LogP contribution >= 0.6 is 36.4 Å². The lowest BCUT2D eigenvalue weighted by atomic mass is 9.95. The summed E-state index contributed by atoms with van der Waals surface area (Å²) in [7, 11) is 0. The van der Waals surface area contributed by atoms with E-state index in [1.165, 1.54) is 24.3 Å². The summed E-state index contributed by atoms with van der Waals surface area (Å²) in [6.07, 6.45) is 0. The summed E-state index contributed by atoms with van der Waals surface area (Å²) in [6, 6.07) is 10.6. The molecule has 0 bridgehead atoms. The highest BCUT2D eigenvalue weighted by Gasteiger charge is 2.17. The molecule has 0 aliphatic heterocycles. The van der Waals surface area contributed by atoms with Crippen LogP contribution < -0.4 is 0 Å². The quantitative estimate of drug-likeness (QED) is 0.869. The van der Waals surface area contributed by atoms with Crippen LogP contribution in [0, 0.1) is 0 Å². The molecule has 0 atom stereocenters. The van der Waals surface area contributed by atoms with Crippen molar-refractivity contribution in [2.45, 2.75) is 0 Å². The number of hydrogen-bond acceptors (Lipinski definition) is 2. The van der Waals surface area contributed by atoms with E-state index in [0.717, 1.165) is 0 Å². The molecule has 2 aromatic rings. The van der Waals surface area contributed by atoms with E-state index in [0.29, 0.717) is 11.1 Å². The van der Waals surface area contributed by atoms with Gasteiger partial charge in [0.1, 0.15) is 0 Å². The highest BCUT2D eigenvalue weighted by Crippen LogP contribution is 2.29. The standard InChI is InChI=1S/C14H9ClO4.2ClH/c15-8-5-6-10(12(7-8)14(18)19)9-3-1-2-4-11(9)13(16)17;;/h1-7H,(H,16,17)(H,18,19);2*1H. The van der Waals surface area contributed by atoms with Gasteiger partial charge in [-0.1, -0.05) is 35.9 Å². The molecular formula is C14H11Cl3O4. The monoisotopic (exact) mass is 348 g/mol. The molecule has 2 aromatic carbocycles. The van der Waals surface area contributed by atoms with Gasteiger partial charge in [-0.3, -0.25) is 0 Å². The van der Waals surface area contributed by atoms with Crippen LogP contribution in [-0.2, 0) is 0 Å². The van der Waals surface area contributed by atoms with Crippen LogP contribution in [0.25, 0.3) is 11.1 Å². The predicted molar refractivity (Wildman–Crippen MR) is 85.3 cm³/mol. The molecule has 0 heterocycles. The first-order valence-electron chi connectivity index (χ1n) is 5.36. The summed E-state index contributed by atoms with van der Waals surface area (Å²) >= 11 is 5.77. The molecule has 0 spiro atoms. The van der Waals surface area contributed by atoms with E-state index in [2.05, 4.69) is 0 Å². The second kappa shape index (κ2) is 7.88. The molecule has 0 saturated carbocycles. The summed E-state index contributed by atoms with van der Waals surface area (Å²) in [5, 5.41) is 18.6. The second-order valence-electron chi connectivity index (χ2n) is 3.85. The summed E-state index contributed by atoms with van der Waals surface area (Å²) in [6.45, 7) is 0. The zero-order valence-electron chi connectivity index (χ0n) is 10.4. The molecule has 0 unspecified atom stereocenters. The van der Waals surface area contributed by atoms with Crippen molar-refractivity contribution >= 4 is 48.4 Å². The molecule has 0 radical (unpaired) electrons. The molecule has 2 N–H and O–H groups in total. The zero-order chi connectivity index (χ0) is 14.0. The van der Waals surface area contributed by atoms with Crippen molar-refractivity contribution in [3.05, 3.63) is 58.6 Å². The van der Waals surface area contributed by atoms with E-state index in [4.69, 9.17) is 16.7 Å². The van der Waals surface area contributed by atoms with Gasteiger partial charge in [0.15, 0.2) is 0 Å². The van der Waals surface area contributed by atoms with Crippen molar-refractivity contribution in [2.24, 2.45) is 0 Å². The Kier molecular flexibility index (Phi) is 7.22. The first-order valence-corrected chi connectivity index (χ1v) is 5.74. The summed E-state index contributed by atoms with van der Waals surface area (Å²) in [5.74, 6) is -2.26. The molecule has 2 rings (SSSR count). The van der Waals surface area contributed by atoms with Gasteiger partial charge in [-0.25, -0.2) is 9.59 Å². The smallest absolute Gasteiger partial charge is 0.336 e. The van der Waals surface area contributed by atoms with Crippen LogP contribution in [0.4, 0.5) is 0 Å². The van der Waals surface area contributed by atoms with Crippen molar-refractivity contribution in [3.8, 4) is 11.1 Å². The number of benzene rings is 2. The number of rotatable bonds is 3. The first-order chi connectivity index (χ1) is 9.00. The Labute approximate surface area is 138 Å². The lowest BCUT2D eigenvalue weighted by molar-refractivity contribution is 0.0684. The largest absolute Gasteiger partial charge is 0.478 e. The van der Waals surface area contributed by atoms with Crippen LogP contribution in [0.15, 0.2) is 42.5 Å². The molecule has 0 aliphatic rings. The van der Waals surface area contributed by atoms with E-state index in [9.17, 15) is 14.7 Å². The molecule has 0 fully saturated rings. The number of carboxylic acid groups (broad SMARTS) is 2. The number of halogens is 3. The van der Waals surface area contributed by atoms with Gasteiger partial charge in [-0.05, 0) is 29.3 Å². The molecule has 0 saturated heterocycles. The van der Waals surface area contributed by atoms with Crippen LogP contribution in [-0.4, -0.2) is 22.2 Å². The lowest BCUT2D eigenvalue weighted by Gasteiger charge is -2.09. The summed E-state index contributed by atoms with van der Waals surface area (Å²) in [4.78, 5) is 22.4. The predicted octanol–water partition coefficient (Wildman–Crippen LogP) is 4.25. The Bertz CT molecular complexity index is 671. The number of carbonyl (C=O) groups is 2. The second-order valence-corrected chi connectivity index (χ2v) is 4.28. The highest BCUT2D eigenvalue weighted by atomic mass is 35.5. The fourth-order valence-electron chi connectivity index (χ4n) is 1.83. The minimum atomic E-state index is -1.15. The van der Waals surface area contributed by atoms with Crippen LogP contribution in [0.2, 0.25) is 5.02 Å². The van der Waals surface area contributed by atoms with Crippen molar-refractivity contribution < 1.29 is 19.8 Å². The van der Waals surface area contributed by atoms with Crippen LogP contribution in [0.3, 0.4) is 0 Å². The maximum atomic E-state index is 11.2. The van der Waals surface area contributed by atoms with Gasteiger partial charge in [0.25, 0.3) is 0 Å². The number of carboxylic acids is 2. The fraction of sp³-hybridized carbons (Fsp3) is 0. The lowest BCUT2D eigenvalue weighted by Crippen LogP contribution is -2.04. The van der Waals surface area contributed by atoms with Crippen LogP contribution in [0.5, 0.6) is 0 Å². The maximum Gasteiger partial charge on any atom is 0.336 e. The van der Waals surface area contributed by atoms with E-state index >= 15 is 0 Å². The fourth-order valence-corrected chi connectivity index (χ4v) is 2.00. The maximum absolute atomic E-state index is 11.2. The topological polar surface area (TPSA) is 74.6 Å². The van der Waals surface area contributed by atoms with Crippen molar-refractivity contribution in [1.82, 2.24) is 0 Å². The Balaban J connectivity index is 0.00000200.